The highest BCUT2D eigenvalue weighted by atomic mass is 16.2. The van der Waals surface area contributed by atoms with Crippen LogP contribution in [0.3, 0.4) is 0 Å². The lowest BCUT2D eigenvalue weighted by molar-refractivity contribution is -0.123. The zero-order chi connectivity index (χ0) is 17.1. The van der Waals surface area contributed by atoms with Gasteiger partial charge in [-0.1, -0.05) is 0 Å². The lowest BCUT2D eigenvalue weighted by Gasteiger charge is -2.34. The van der Waals surface area contributed by atoms with Gasteiger partial charge in [0.1, 0.15) is 5.65 Å². The van der Waals surface area contributed by atoms with Crippen LogP contribution in [0.15, 0.2) is 30.7 Å². The molecule has 1 N–H and O–H groups in total. The van der Waals surface area contributed by atoms with Gasteiger partial charge in [-0.25, -0.2) is 4.98 Å². The van der Waals surface area contributed by atoms with Crippen molar-refractivity contribution >= 4 is 17.5 Å². The van der Waals surface area contributed by atoms with Crippen LogP contribution in [0.1, 0.15) is 24.2 Å². The first-order chi connectivity index (χ1) is 11.5. The van der Waals surface area contributed by atoms with E-state index in [1.165, 1.54) is 0 Å². The van der Waals surface area contributed by atoms with Crippen LogP contribution in [-0.2, 0) is 4.79 Å². The molecule has 3 heterocycles. The fourth-order valence-electron chi connectivity index (χ4n) is 2.91. The van der Waals surface area contributed by atoms with Crippen LogP contribution in [0.5, 0.6) is 0 Å². The van der Waals surface area contributed by atoms with Crippen LogP contribution >= 0.6 is 0 Å². The number of rotatable bonds is 4. The van der Waals surface area contributed by atoms with Gasteiger partial charge in [-0.3, -0.25) is 14.5 Å². The van der Waals surface area contributed by atoms with Gasteiger partial charge < -0.3 is 14.6 Å². The number of pyridine rings is 1. The van der Waals surface area contributed by atoms with E-state index in [2.05, 4.69) is 15.2 Å². The number of nitrogens with one attached hydrogen (secondary N) is 1. The van der Waals surface area contributed by atoms with Gasteiger partial charge in [0.25, 0.3) is 5.91 Å². The Morgan fingerprint density at radius 2 is 1.96 bits per heavy atom. The monoisotopic (exact) mass is 329 g/mol. The number of aromatic nitrogens is 2. The highest BCUT2D eigenvalue weighted by molar-refractivity contribution is 5.94. The number of hydrogen-bond donors (Lipinski definition) is 1. The van der Waals surface area contributed by atoms with Crippen molar-refractivity contribution in [1.82, 2.24) is 24.5 Å². The molecule has 0 radical (unpaired) electrons. The summed E-state index contributed by atoms with van der Waals surface area (Å²) in [7, 11) is 0. The van der Waals surface area contributed by atoms with E-state index in [0.717, 1.165) is 5.65 Å². The molecule has 24 heavy (non-hydrogen) atoms. The van der Waals surface area contributed by atoms with E-state index in [0.29, 0.717) is 38.3 Å². The van der Waals surface area contributed by atoms with Gasteiger partial charge in [-0.15, -0.1) is 0 Å². The molecule has 0 atom stereocenters. The third-order valence-electron chi connectivity index (χ3n) is 4.11. The van der Waals surface area contributed by atoms with Crippen molar-refractivity contribution in [3.8, 4) is 0 Å². The molecular weight excluding hydrogens is 306 g/mol. The van der Waals surface area contributed by atoms with Crippen LogP contribution in [0, 0.1) is 0 Å². The number of amides is 2. The van der Waals surface area contributed by atoms with Crippen molar-refractivity contribution in [2.45, 2.75) is 19.9 Å². The summed E-state index contributed by atoms with van der Waals surface area (Å²) in [4.78, 5) is 32.6. The topological polar surface area (TPSA) is 70.0 Å². The summed E-state index contributed by atoms with van der Waals surface area (Å²) in [6.45, 7) is 6.99. The van der Waals surface area contributed by atoms with Crippen molar-refractivity contribution in [2.75, 3.05) is 32.7 Å². The average Bonchev–Trinajstić information content (AvgIpc) is 3.01. The Morgan fingerprint density at radius 3 is 2.67 bits per heavy atom. The lowest BCUT2D eigenvalue weighted by atomic mass is 10.2. The second-order valence-corrected chi connectivity index (χ2v) is 6.40. The molecule has 0 saturated carbocycles. The minimum absolute atomic E-state index is 0.0249. The Balaban J connectivity index is 1.56. The van der Waals surface area contributed by atoms with E-state index < -0.39 is 0 Å². The van der Waals surface area contributed by atoms with Crippen molar-refractivity contribution < 1.29 is 9.59 Å². The van der Waals surface area contributed by atoms with Crippen molar-refractivity contribution in [3.05, 3.63) is 36.3 Å². The van der Waals surface area contributed by atoms with E-state index in [9.17, 15) is 9.59 Å². The van der Waals surface area contributed by atoms with Gasteiger partial charge >= 0.3 is 0 Å². The standard InChI is InChI=1S/C17H23N5O2/c1-13(2)19-16(23)12-20-7-9-21(10-8-20)17(24)14-3-4-15-18-5-6-22(15)11-14/h3-6,11,13H,7-10,12H2,1-2H3,(H,19,23). The molecule has 7 heteroatoms. The minimum atomic E-state index is 0.0249. The number of fused-ring (bicyclic) bond motifs is 1. The minimum Gasteiger partial charge on any atom is -0.353 e. The maximum atomic E-state index is 12.6. The van der Waals surface area contributed by atoms with E-state index in [-0.39, 0.29) is 17.9 Å². The van der Waals surface area contributed by atoms with E-state index in [1.807, 2.05) is 47.7 Å². The van der Waals surface area contributed by atoms with Crippen LogP contribution in [-0.4, -0.2) is 69.8 Å². The third-order valence-corrected chi connectivity index (χ3v) is 4.11. The molecule has 1 aliphatic heterocycles. The second-order valence-electron chi connectivity index (χ2n) is 6.40. The zero-order valence-electron chi connectivity index (χ0n) is 14.1. The van der Waals surface area contributed by atoms with Crippen molar-refractivity contribution in [1.29, 1.82) is 0 Å². The Bertz CT molecular complexity index is 731. The molecule has 0 aromatic carbocycles. The quantitative estimate of drug-likeness (QED) is 0.893. The fourth-order valence-corrected chi connectivity index (χ4v) is 2.91. The number of carbonyl (C=O) groups excluding carboxylic acids is 2. The summed E-state index contributed by atoms with van der Waals surface area (Å²) in [6.07, 6.45) is 5.36. The smallest absolute Gasteiger partial charge is 0.255 e. The first-order valence-corrected chi connectivity index (χ1v) is 8.26. The molecule has 128 valence electrons. The SMILES string of the molecule is CC(C)NC(=O)CN1CCN(C(=O)c2ccc3nccn3c2)CC1. The number of piperazine rings is 1. The first-order valence-electron chi connectivity index (χ1n) is 8.26. The normalized spacial score (nSPS) is 15.9. The zero-order valence-corrected chi connectivity index (χ0v) is 14.1. The molecule has 1 saturated heterocycles. The molecule has 2 aromatic rings. The van der Waals surface area contributed by atoms with E-state index in [4.69, 9.17) is 0 Å². The molecular formula is C17H23N5O2. The van der Waals surface area contributed by atoms with Crippen LogP contribution in [0.25, 0.3) is 5.65 Å². The molecule has 2 amide bonds. The summed E-state index contributed by atoms with van der Waals surface area (Å²) in [5, 5.41) is 2.89. The molecule has 3 rings (SSSR count). The van der Waals surface area contributed by atoms with Crippen LogP contribution in [0.4, 0.5) is 0 Å². The Kier molecular flexibility index (Phi) is 4.80. The summed E-state index contributed by atoms with van der Waals surface area (Å²) in [5.74, 6) is 0.0622. The van der Waals surface area contributed by atoms with Crippen LogP contribution < -0.4 is 5.32 Å². The number of imidazole rings is 1. The highest BCUT2D eigenvalue weighted by Crippen LogP contribution is 2.10. The summed E-state index contributed by atoms with van der Waals surface area (Å²) < 4.78 is 1.85. The molecule has 7 nitrogen and oxygen atoms in total. The molecule has 2 aromatic heterocycles. The predicted octanol–water partition coefficient (Wildman–Crippen LogP) is 0.617. The van der Waals surface area contributed by atoms with Gasteiger partial charge in [0, 0.05) is 50.8 Å². The Labute approximate surface area is 141 Å². The molecule has 0 bridgehead atoms. The maximum absolute atomic E-state index is 12.6. The van der Waals surface area contributed by atoms with Gasteiger partial charge in [0.2, 0.25) is 5.91 Å². The third kappa shape index (κ3) is 3.73. The first kappa shape index (κ1) is 16.4. The summed E-state index contributed by atoms with van der Waals surface area (Å²) in [5.41, 5.74) is 1.49. The van der Waals surface area contributed by atoms with Gasteiger partial charge in [0.05, 0.1) is 12.1 Å². The summed E-state index contributed by atoms with van der Waals surface area (Å²) >= 11 is 0. The van der Waals surface area contributed by atoms with Crippen molar-refractivity contribution in [2.24, 2.45) is 0 Å². The number of carbonyl (C=O) groups is 2. The predicted molar refractivity (Wildman–Crippen MR) is 90.8 cm³/mol. The number of nitrogens with zero attached hydrogens (tertiary/aromatic N) is 4. The van der Waals surface area contributed by atoms with Gasteiger partial charge in [-0.05, 0) is 26.0 Å². The molecule has 0 unspecified atom stereocenters. The molecule has 1 aliphatic rings. The van der Waals surface area contributed by atoms with E-state index >= 15 is 0 Å². The van der Waals surface area contributed by atoms with Crippen molar-refractivity contribution in [3.63, 3.8) is 0 Å². The van der Waals surface area contributed by atoms with Gasteiger partial charge in [0.15, 0.2) is 0 Å². The fraction of sp³-hybridized carbons (Fsp3) is 0.471. The van der Waals surface area contributed by atoms with Crippen LogP contribution in [0.2, 0.25) is 0 Å². The highest BCUT2D eigenvalue weighted by Gasteiger charge is 2.23. The number of hydrogen-bond acceptors (Lipinski definition) is 4. The maximum Gasteiger partial charge on any atom is 0.255 e. The second kappa shape index (κ2) is 7.00. The Hall–Kier alpha value is -2.41. The Morgan fingerprint density at radius 1 is 1.21 bits per heavy atom. The average molecular weight is 329 g/mol. The largest absolute Gasteiger partial charge is 0.353 e. The molecule has 0 spiro atoms. The lowest BCUT2D eigenvalue weighted by Crippen LogP contribution is -2.51. The van der Waals surface area contributed by atoms with Gasteiger partial charge in [-0.2, -0.15) is 0 Å². The molecule has 0 aliphatic carbocycles. The van der Waals surface area contributed by atoms with E-state index in [1.54, 1.807) is 6.20 Å². The molecule has 1 fully saturated rings. The summed E-state index contributed by atoms with van der Waals surface area (Å²) in [6, 6.07) is 3.81.